The number of Topliss-reactive ketones (excluding diaryl/α,β-unsaturated/α-hetero) is 1. The molecular weight excluding hydrogens is 481 g/mol. The number of carbonyl (C=O) groups is 4. The normalized spacial score (nSPS) is 31.7. The SMILES string of the molecule is CC(=O)c1nn(CC(=O)N2[C@H](C(=O)O)C[C@H]3C[C@@]32[C@@]2(C(N)=O)C[C@@]2(F)c2ccccc2)c2ncccc12. The second-order valence-corrected chi connectivity index (χ2v) is 10.2. The average molecular weight is 506 g/mol. The van der Waals surface area contributed by atoms with Crippen LogP contribution in [0.1, 0.15) is 42.2 Å². The number of rotatable bonds is 7. The summed E-state index contributed by atoms with van der Waals surface area (Å²) in [5, 5.41) is 14.7. The van der Waals surface area contributed by atoms with Gasteiger partial charge in [-0.05, 0) is 36.5 Å². The monoisotopic (exact) mass is 505 g/mol. The minimum Gasteiger partial charge on any atom is -0.480 e. The lowest BCUT2D eigenvalue weighted by molar-refractivity contribution is -0.155. The second kappa shape index (κ2) is 7.44. The fourth-order valence-corrected chi connectivity index (χ4v) is 6.83. The Labute approximate surface area is 210 Å². The minimum absolute atomic E-state index is 0.0950. The number of benzene rings is 1. The number of likely N-dealkylation sites (tertiary alicyclic amines) is 1. The van der Waals surface area contributed by atoms with E-state index >= 15 is 4.39 Å². The van der Waals surface area contributed by atoms with Crippen LogP contribution in [-0.4, -0.2) is 59.9 Å². The Kier molecular flexibility index (Phi) is 4.67. The summed E-state index contributed by atoms with van der Waals surface area (Å²) in [4.78, 5) is 56.6. The Morgan fingerprint density at radius 1 is 1.16 bits per heavy atom. The van der Waals surface area contributed by atoms with Crippen LogP contribution in [0.2, 0.25) is 0 Å². The Morgan fingerprint density at radius 3 is 2.54 bits per heavy atom. The van der Waals surface area contributed by atoms with E-state index in [0.717, 1.165) is 0 Å². The molecule has 3 fully saturated rings. The maximum Gasteiger partial charge on any atom is 0.326 e. The molecule has 1 saturated heterocycles. The number of carboxylic acids is 1. The average Bonchev–Trinajstić information content (AvgIpc) is 3.66. The van der Waals surface area contributed by atoms with Crippen molar-refractivity contribution in [3.8, 4) is 0 Å². The molecule has 2 saturated carbocycles. The number of hydrogen-bond donors (Lipinski definition) is 2. The number of ketones is 1. The summed E-state index contributed by atoms with van der Waals surface area (Å²) in [5.41, 5.74) is 1.32. The lowest BCUT2D eigenvalue weighted by atomic mass is 9.84. The molecule has 0 unspecified atom stereocenters. The van der Waals surface area contributed by atoms with Crippen molar-refractivity contribution in [1.82, 2.24) is 19.7 Å². The van der Waals surface area contributed by atoms with Crippen molar-refractivity contribution >= 4 is 34.6 Å². The van der Waals surface area contributed by atoms with Crippen molar-refractivity contribution < 1.29 is 28.7 Å². The molecule has 5 atom stereocenters. The van der Waals surface area contributed by atoms with Crippen LogP contribution < -0.4 is 5.73 Å². The van der Waals surface area contributed by atoms with Gasteiger partial charge in [0.05, 0.1) is 10.9 Å². The quantitative estimate of drug-likeness (QED) is 0.465. The lowest BCUT2D eigenvalue weighted by Crippen LogP contribution is -2.57. The maximum absolute atomic E-state index is 16.6. The van der Waals surface area contributed by atoms with E-state index < -0.39 is 47.0 Å². The van der Waals surface area contributed by atoms with Gasteiger partial charge in [0.2, 0.25) is 11.8 Å². The highest BCUT2D eigenvalue weighted by Gasteiger charge is 2.91. The van der Waals surface area contributed by atoms with Crippen molar-refractivity contribution in [3.63, 3.8) is 0 Å². The number of aromatic nitrogens is 3. The molecule has 2 aliphatic carbocycles. The number of carbonyl (C=O) groups excluding carboxylic acids is 3. The number of hydrogen-bond acceptors (Lipinski definition) is 6. The summed E-state index contributed by atoms with van der Waals surface area (Å²) >= 11 is 0. The summed E-state index contributed by atoms with van der Waals surface area (Å²) in [6.45, 7) is 0.915. The van der Waals surface area contributed by atoms with Crippen molar-refractivity contribution in [1.29, 1.82) is 0 Å². The van der Waals surface area contributed by atoms with Crippen LogP contribution in [0.15, 0.2) is 48.7 Å². The smallest absolute Gasteiger partial charge is 0.326 e. The van der Waals surface area contributed by atoms with Crippen LogP contribution in [-0.2, 0) is 26.6 Å². The Morgan fingerprint density at radius 2 is 1.89 bits per heavy atom. The Hall–Kier alpha value is -4.15. The van der Waals surface area contributed by atoms with Crippen LogP contribution >= 0.6 is 0 Å². The molecule has 3 heterocycles. The number of carboxylic acid groups (broad SMARTS) is 1. The number of piperidine rings is 1. The van der Waals surface area contributed by atoms with E-state index in [0.29, 0.717) is 5.39 Å². The highest BCUT2D eigenvalue weighted by Crippen LogP contribution is 2.81. The number of nitrogens with zero attached hydrogens (tertiary/aromatic N) is 4. The van der Waals surface area contributed by atoms with Gasteiger partial charge in [-0.2, -0.15) is 5.10 Å². The van der Waals surface area contributed by atoms with Crippen molar-refractivity contribution in [3.05, 3.63) is 59.9 Å². The second-order valence-electron chi connectivity index (χ2n) is 10.2. The van der Waals surface area contributed by atoms with E-state index in [1.165, 1.54) is 22.7 Å². The Bertz CT molecular complexity index is 1510. The molecular formula is C26H24FN5O5. The van der Waals surface area contributed by atoms with Crippen molar-refractivity contribution in [2.24, 2.45) is 17.1 Å². The summed E-state index contributed by atoms with van der Waals surface area (Å²) in [6.07, 6.45) is 1.64. The first kappa shape index (κ1) is 23.3. The van der Waals surface area contributed by atoms with E-state index in [-0.39, 0.29) is 47.9 Å². The molecule has 37 heavy (non-hydrogen) atoms. The maximum atomic E-state index is 16.6. The van der Waals surface area contributed by atoms with E-state index in [1.807, 2.05) is 0 Å². The van der Waals surface area contributed by atoms with Crippen molar-refractivity contribution in [2.75, 3.05) is 0 Å². The highest BCUT2D eigenvalue weighted by molar-refractivity contribution is 6.04. The third-order valence-electron chi connectivity index (χ3n) is 8.45. The van der Waals surface area contributed by atoms with Crippen LogP contribution in [0.5, 0.6) is 0 Å². The molecule has 11 heteroatoms. The number of alkyl halides is 1. The molecule has 2 amide bonds. The van der Waals surface area contributed by atoms with Crippen LogP contribution in [0.25, 0.3) is 11.0 Å². The molecule has 1 aromatic carbocycles. The summed E-state index contributed by atoms with van der Waals surface area (Å²) < 4.78 is 17.8. The predicted octanol–water partition coefficient (Wildman–Crippen LogP) is 1.82. The first-order chi connectivity index (χ1) is 17.6. The predicted molar refractivity (Wildman–Crippen MR) is 127 cm³/mol. The largest absolute Gasteiger partial charge is 0.480 e. The van der Waals surface area contributed by atoms with Gasteiger partial charge in [0.1, 0.15) is 23.7 Å². The molecule has 3 aromatic rings. The van der Waals surface area contributed by atoms with Crippen LogP contribution in [0.3, 0.4) is 0 Å². The molecule has 0 spiro atoms. The topological polar surface area (TPSA) is 148 Å². The number of amides is 2. The number of halogens is 1. The van der Waals surface area contributed by atoms with Gasteiger partial charge in [-0.3, -0.25) is 14.4 Å². The van der Waals surface area contributed by atoms with Crippen molar-refractivity contribution in [2.45, 2.75) is 50.0 Å². The van der Waals surface area contributed by atoms with Gasteiger partial charge >= 0.3 is 5.97 Å². The van der Waals surface area contributed by atoms with E-state index in [1.54, 1.807) is 42.5 Å². The zero-order chi connectivity index (χ0) is 26.3. The molecule has 1 aliphatic heterocycles. The van der Waals surface area contributed by atoms with Gasteiger partial charge in [0.25, 0.3) is 0 Å². The fraction of sp³-hybridized carbons (Fsp3) is 0.385. The van der Waals surface area contributed by atoms with Gasteiger partial charge in [-0.25, -0.2) is 18.9 Å². The number of nitrogens with two attached hydrogens (primary N) is 1. The van der Waals surface area contributed by atoms with Gasteiger partial charge in [0, 0.05) is 19.5 Å². The number of pyridine rings is 1. The molecule has 6 rings (SSSR count). The van der Waals surface area contributed by atoms with Crippen LogP contribution in [0.4, 0.5) is 4.39 Å². The molecule has 2 aromatic heterocycles. The number of primary amides is 1. The van der Waals surface area contributed by atoms with E-state index in [2.05, 4.69) is 10.1 Å². The standard InChI is InChI=1S/C26H24FN5O5/c1-14(33)20-17-8-5-9-29-21(17)31(30-20)12-19(34)32-18(22(35)36)10-16-11-26(16,32)24(23(28)37)13-25(24,27)15-6-3-2-4-7-15/h2-9,16,18H,10-13H2,1H3,(H2,28,37)(H,35,36)/t16-,18-,24+,25+,26-/m0/s1. The molecule has 190 valence electrons. The molecule has 3 N–H and O–H groups in total. The molecule has 3 aliphatic rings. The third-order valence-corrected chi connectivity index (χ3v) is 8.45. The Balaban J connectivity index is 1.43. The third kappa shape index (κ3) is 2.85. The van der Waals surface area contributed by atoms with Crippen LogP contribution in [0, 0.1) is 11.3 Å². The first-order valence-corrected chi connectivity index (χ1v) is 12.0. The highest BCUT2D eigenvalue weighted by atomic mass is 19.1. The molecule has 10 nitrogen and oxygen atoms in total. The van der Waals surface area contributed by atoms with E-state index in [9.17, 15) is 24.3 Å². The molecule has 0 bridgehead atoms. The zero-order valence-electron chi connectivity index (χ0n) is 19.9. The fourth-order valence-electron chi connectivity index (χ4n) is 6.83. The zero-order valence-corrected chi connectivity index (χ0v) is 19.9. The molecule has 0 radical (unpaired) electrons. The summed E-state index contributed by atoms with van der Waals surface area (Å²) in [7, 11) is 0. The van der Waals surface area contributed by atoms with Gasteiger partial charge in [-0.15, -0.1) is 0 Å². The number of fused-ring (bicyclic) bond motifs is 2. The minimum atomic E-state index is -2.12. The lowest BCUT2D eigenvalue weighted by Gasteiger charge is -2.38. The van der Waals surface area contributed by atoms with E-state index in [4.69, 9.17) is 5.73 Å². The summed E-state index contributed by atoms with van der Waals surface area (Å²) in [6, 6.07) is 10.2. The van der Waals surface area contributed by atoms with Gasteiger partial charge in [0.15, 0.2) is 17.1 Å². The first-order valence-electron chi connectivity index (χ1n) is 12.0. The number of aliphatic carboxylic acids is 1. The summed E-state index contributed by atoms with van der Waals surface area (Å²) in [5.74, 6) is -3.48. The van der Waals surface area contributed by atoms with Gasteiger partial charge < -0.3 is 15.7 Å². The van der Waals surface area contributed by atoms with Gasteiger partial charge in [-0.1, -0.05) is 30.3 Å².